The molecular weight excluding hydrogens is 622 g/mol. The second-order valence-corrected chi connectivity index (χ2v) is 12.7. The van der Waals surface area contributed by atoms with Crippen LogP contribution in [-0.4, -0.2) is 82.3 Å². The first-order valence-electron chi connectivity index (χ1n) is 15.5. The number of nitriles is 1. The van der Waals surface area contributed by atoms with Crippen molar-refractivity contribution in [3.8, 4) is 23.1 Å². The molecule has 2 saturated heterocycles. The monoisotopic (exact) mass is 661 g/mol. The minimum Gasteiger partial charge on any atom is -0.489 e. The van der Waals surface area contributed by atoms with Crippen molar-refractivity contribution in [3.63, 3.8) is 0 Å². The molecule has 0 amide bonds. The summed E-state index contributed by atoms with van der Waals surface area (Å²) in [5, 5.41) is 14.7. The van der Waals surface area contributed by atoms with Gasteiger partial charge in [-0.2, -0.15) is 23.9 Å². The molecule has 4 aromatic rings. The van der Waals surface area contributed by atoms with E-state index in [4.69, 9.17) is 31.0 Å². The molecule has 0 spiro atoms. The first-order chi connectivity index (χ1) is 21.8. The normalized spacial score (nSPS) is 18.2. The topological polar surface area (TPSA) is 109 Å². The maximum Gasteiger partial charge on any atom is 0.165 e. The summed E-state index contributed by atoms with van der Waals surface area (Å²) in [4.78, 5) is 27.3. The van der Waals surface area contributed by atoms with Crippen LogP contribution in [-0.2, 0) is 4.74 Å². The number of aromatic nitrogens is 4. The van der Waals surface area contributed by atoms with Gasteiger partial charge in [-0.3, -0.25) is 14.7 Å². The van der Waals surface area contributed by atoms with Crippen molar-refractivity contribution in [2.45, 2.75) is 46.1 Å². The fourth-order valence-electron chi connectivity index (χ4n) is 6.35. The number of piperidine rings is 1. The van der Waals surface area contributed by atoms with Gasteiger partial charge in [-0.25, -0.2) is 9.50 Å². The Morgan fingerprint density at radius 3 is 2.70 bits per heavy atom. The highest BCUT2D eigenvalue weighted by Crippen LogP contribution is 2.38. The number of morpholine rings is 1. The number of anilines is 1. The summed E-state index contributed by atoms with van der Waals surface area (Å²) in [6.07, 6.45) is 9.00. The number of ketones is 1. The number of rotatable bonds is 9. The number of hydrogen-bond donors (Lipinski definition) is 0. The number of nitrogens with zero attached hydrogens (tertiary/aromatic N) is 7. The summed E-state index contributed by atoms with van der Waals surface area (Å²) in [7, 11) is 0. The molecule has 6 rings (SSSR count). The lowest BCUT2D eigenvalue weighted by Crippen LogP contribution is -2.44. The number of fused-ring (bicyclic) bond motifs is 1. The third-order valence-corrected chi connectivity index (χ3v) is 9.42. The summed E-state index contributed by atoms with van der Waals surface area (Å²) in [5.41, 5.74) is 3.89. The Balaban J connectivity index is 0.00000417. The molecule has 242 valence electrons. The molecule has 1 atom stereocenters. The van der Waals surface area contributed by atoms with E-state index in [-0.39, 0.29) is 30.8 Å². The van der Waals surface area contributed by atoms with E-state index in [9.17, 15) is 10.1 Å². The largest absolute Gasteiger partial charge is 0.489 e. The zero-order chi connectivity index (χ0) is 31.6. The lowest BCUT2D eigenvalue weighted by Gasteiger charge is -2.39. The predicted molar refractivity (Wildman–Crippen MR) is 183 cm³/mol. The minimum absolute atomic E-state index is 0. The highest BCUT2D eigenvalue weighted by Gasteiger charge is 2.34. The summed E-state index contributed by atoms with van der Waals surface area (Å²) in [6.45, 7) is 11.6. The Morgan fingerprint density at radius 2 is 2.00 bits per heavy atom. The molecule has 1 aromatic carbocycles. The van der Waals surface area contributed by atoms with Crippen LogP contribution in [0.4, 0.5) is 5.82 Å². The van der Waals surface area contributed by atoms with Gasteiger partial charge >= 0.3 is 0 Å². The number of ether oxygens (including phenoxy) is 2. The molecule has 0 bridgehead atoms. The zero-order valence-corrected chi connectivity index (χ0v) is 28.3. The Bertz CT molecular complexity index is 1710. The SMILES string of the molecule is CCN1CCO[C@H](COc2cc(-c3cnc(N4CCC(C)(CC(=O)c5c(C)cccc5Cl)CC4)cn3)c3c(C#N)cnn3c2)C1.S. The van der Waals surface area contributed by atoms with Gasteiger partial charge in [0.2, 0.25) is 0 Å². The fraction of sp³-hybridized carbons (Fsp3) is 0.441. The number of likely N-dealkylation sites (N-methyl/N-ethyl adjacent to an activating group) is 1. The van der Waals surface area contributed by atoms with E-state index in [1.54, 1.807) is 35.4 Å². The van der Waals surface area contributed by atoms with Crippen LogP contribution in [0, 0.1) is 23.7 Å². The van der Waals surface area contributed by atoms with Crippen LogP contribution in [0.25, 0.3) is 16.8 Å². The average Bonchev–Trinajstić information content (AvgIpc) is 3.47. The maximum absolute atomic E-state index is 13.2. The van der Waals surface area contributed by atoms with E-state index in [0.29, 0.717) is 52.7 Å². The number of benzene rings is 1. The smallest absolute Gasteiger partial charge is 0.165 e. The molecule has 2 aliphatic heterocycles. The molecule has 3 aromatic heterocycles. The number of aryl methyl sites for hydroxylation is 1. The molecule has 10 nitrogen and oxygen atoms in total. The first-order valence-corrected chi connectivity index (χ1v) is 15.9. The summed E-state index contributed by atoms with van der Waals surface area (Å²) >= 11 is 6.38. The van der Waals surface area contributed by atoms with Gasteiger partial charge < -0.3 is 14.4 Å². The molecule has 0 saturated carbocycles. The second kappa shape index (κ2) is 14.4. The Kier molecular flexibility index (Phi) is 10.5. The van der Waals surface area contributed by atoms with Crippen molar-refractivity contribution in [1.82, 2.24) is 24.5 Å². The third kappa shape index (κ3) is 7.15. The number of pyridine rings is 1. The Morgan fingerprint density at radius 1 is 1.20 bits per heavy atom. The van der Waals surface area contributed by atoms with Crippen LogP contribution < -0.4 is 9.64 Å². The molecule has 0 N–H and O–H groups in total. The molecule has 46 heavy (non-hydrogen) atoms. The van der Waals surface area contributed by atoms with Crippen LogP contribution in [0.3, 0.4) is 0 Å². The number of halogens is 1. The van der Waals surface area contributed by atoms with Crippen LogP contribution in [0.1, 0.15) is 54.6 Å². The van der Waals surface area contributed by atoms with Crippen molar-refractivity contribution < 1.29 is 14.3 Å². The van der Waals surface area contributed by atoms with Gasteiger partial charge in [0.15, 0.2) is 5.78 Å². The Hall–Kier alpha value is -3.69. The van der Waals surface area contributed by atoms with Gasteiger partial charge in [-0.15, -0.1) is 0 Å². The molecule has 0 radical (unpaired) electrons. The van der Waals surface area contributed by atoms with E-state index in [1.807, 2.05) is 25.1 Å². The Labute approximate surface area is 281 Å². The fourth-order valence-corrected chi connectivity index (χ4v) is 6.67. The van der Waals surface area contributed by atoms with Crippen molar-refractivity contribution in [2.75, 3.05) is 50.8 Å². The molecule has 12 heteroatoms. The molecule has 2 aliphatic rings. The van der Waals surface area contributed by atoms with Crippen molar-refractivity contribution in [1.29, 1.82) is 5.26 Å². The first kappa shape index (κ1) is 33.7. The number of Topliss-reactive ketones (excluding diaryl/α,β-unsaturated/α-hetero) is 1. The van der Waals surface area contributed by atoms with Crippen molar-refractivity contribution >= 4 is 42.2 Å². The van der Waals surface area contributed by atoms with Gasteiger partial charge in [-0.05, 0) is 49.4 Å². The molecular formula is C34H40ClN7O3S. The van der Waals surface area contributed by atoms with E-state index in [1.165, 1.54) is 0 Å². The van der Waals surface area contributed by atoms with E-state index >= 15 is 0 Å². The summed E-state index contributed by atoms with van der Waals surface area (Å²) in [6, 6.07) is 9.72. The number of carbonyl (C=O) groups is 1. The third-order valence-electron chi connectivity index (χ3n) is 9.11. The van der Waals surface area contributed by atoms with Gasteiger partial charge in [0.25, 0.3) is 0 Å². The number of hydrogen-bond acceptors (Lipinski definition) is 9. The second-order valence-electron chi connectivity index (χ2n) is 12.3. The number of carbonyl (C=O) groups excluding carboxylic acids is 1. The van der Waals surface area contributed by atoms with Crippen molar-refractivity contribution in [2.24, 2.45) is 5.41 Å². The van der Waals surface area contributed by atoms with Gasteiger partial charge in [0.05, 0.1) is 53.2 Å². The van der Waals surface area contributed by atoms with Crippen LogP contribution >= 0.6 is 25.1 Å². The van der Waals surface area contributed by atoms with Crippen LogP contribution in [0.15, 0.2) is 49.1 Å². The van der Waals surface area contributed by atoms with Crippen molar-refractivity contribution in [3.05, 3.63) is 70.8 Å². The van der Waals surface area contributed by atoms with E-state index in [0.717, 1.165) is 62.5 Å². The molecule has 5 heterocycles. The molecule has 2 fully saturated rings. The lowest BCUT2D eigenvalue weighted by molar-refractivity contribution is -0.0464. The molecule has 0 aliphatic carbocycles. The highest BCUT2D eigenvalue weighted by molar-refractivity contribution is 7.59. The zero-order valence-electron chi connectivity index (χ0n) is 26.5. The van der Waals surface area contributed by atoms with Crippen LogP contribution in [0.2, 0.25) is 5.02 Å². The van der Waals surface area contributed by atoms with Gasteiger partial charge in [0, 0.05) is 43.7 Å². The van der Waals surface area contributed by atoms with E-state index < -0.39 is 0 Å². The lowest BCUT2D eigenvalue weighted by atomic mass is 9.75. The molecule has 0 unspecified atom stereocenters. The quantitative estimate of drug-likeness (QED) is 0.208. The van der Waals surface area contributed by atoms with Gasteiger partial charge in [0.1, 0.15) is 30.3 Å². The highest BCUT2D eigenvalue weighted by atomic mass is 35.5. The van der Waals surface area contributed by atoms with Crippen LogP contribution in [0.5, 0.6) is 5.75 Å². The summed E-state index contributed by atoms with van der Waals surface area (Å²) in [5.74, 6) is 1.49. The average molecular weight is 662 g/mol. The summed E-state index contributed by atoms with van der Waals surface area (Å²) < 4.78 is 13.7. The van der Waals surface area contributed by atoms with E-state index in [2.05, 4.69) is 34.8 Å². The maximum atomic E-state index is 13.2. The minimum atomic E-state index is -0.119. The predicted octanol–water partition coefficient (Wildman–Crippen LogP) is 5.72. The standard InChI is InChI=1S/C34H38ClN7O3.H2S/c1-4-40-12-13-44-26(20-40)22-45-25-14-27(33-24(16-36)17-39-42(33)21-25)29-18-38-31(19-37-29)41-10-8-34(3,9-11-41)15-30(43)32-23(2)6-5-7-28(32)35;/h5-7,14,17-19,21,26H,4,8-13,15,20,22H2,1-3H3;1H2/t26-;/m0./s1. The van der Waals surface area contributed by atoms with Gasteiger partial charge in [-0.1, -0.05) is 37.6 Å².